The molecule has 0 saturated carbocycles. The summed E-state index contributed by atoms with van der Waals surface area (Å²) in [6, 6.07) is 5.83. The van der Waals surface area contributed by atoms with Crippen LogP contribution in [-0.2, 0) is 16.1 Å². The number of aliphatic hydroxyl groups is 1. The summed E-state index contributed by atoms with van der Waals surface area (Å²) in [6.07, 6.45) is 5.27. The molecule has 1 aromatic rings. The van der Waals surface area contributed by atoms with Gasteiger partial charge in [-0.2, -0.15) is 0 Å². The minimum absolute atomic E-state index is 0.00821. The zero-order valence-electron chi connectivity index (χ0n) is 18.4. The van der Waals surface area contributed by atoms with Crippen LogP contribution in [0.25, 0.3) is 0 Å². The predicted molar refractivity (Wildman–Crippen MR) is 116 cm³/mol. The average molecular weight is 427 g/mol. The highest BCUT2D eigenvalue weighted by atomic mass is 16.3. The molecule has 0 unspecified atom stereocenters. The van der Waals surface area contributed by atoms with Crippen molar-refractivity contribution in [3.05, 3.63) is 29.6 Å². The van der Waals surface area contributed by atoms with E-state index in [0.717, 1.165) is 63.1 Å². The lowest BCUT2D eigenvalue weighted by Gasteiger charge is -2.56. The van der Waals surface area contributed by atoms with Gasteiger partial charge in [0.05, 0.1) is 18.3 Å². The van der Waals surface area contributed by atoms with Crippen LogP contribution < -0.4 is 0 Å². The number of pyridine rings is 1. The normalized spacial score (nSPS) is 33.5. The Balaban J connectivity index is 1.42. The molecule has 0 spiro atoms. The van der Waals surface area contributed by atoms with E-state index >= 15 is 0 Å². The molecule has 4 aliphatic heterocycles. The van der Waals surface area contributed by atoms with Gasteiger partial charge in [0.2, 0.25) is 11.8 Å². The number of aryl methyl sites for hydroxylation is 1. The summed E-state index contributed by atoms with van der Waals surface area (Å²) in [4.78, 5) is 37.8. The van der Waals surface area contributed by atoms with Crippen molar-refractivity contribution < 1.29 is 14.7 Å². The Morgan fingerprint density at radius 3 is 2.84 bits per heavy atom. The fraction of sp³-hybridized carbons (Fsp3) is 0.708. The zero-order chi connectivity index (χ0) is 21.5. The molecule has 4 aliphatic rings. The Morgan fingerprint density at radius 1 is 1.19 bits per heavy atom. The quantitative estimate of drug-likeness (QED) is 0.791. The zero-order valence-corrected chi connectivity index (χ0v) is 18.4. The van der Waals surface area contributed by atoms with Gasteiger partial charge < -0.3 is 14.9 Å². The second kappa shape index (κ2) is 8.51. The van der Waals surface area contributed by atoms with Crippen molar-refractivity contribution in [2.75, 3.05) is 26.2 Å². The van der Waals surface area contributed by atoms with Gasteiger partial charge in [0.15, 0.2) is 0 Å². The molecule has 7 heteroatoms. The first-order chi connectivity index (χ1) is 15.0. The Labute approximate surface area is 184 Å². The third-order valence-electron chi connectivity index (χ3n) is 7.87. The summed E-state index contributed by atoms with van der Waals surface area (Å²) >= 11 is 0. The Hall–Kier alpha value is -1.99. The van der Waals surface area contributed by atoms with Gasteiger partial charge in [-0.15, -0.1) is 0 Å². The van der Waals surface area contributed by atoms with Crippen LogP contribution in [0.15, 0.2) is 18.2 Å². The fourth-order valence-electron chi connectivity index (χ4n) is 6.60. The summed E-state index contributed by atoms with van der Waals surface area (Å²) in [5.41, 5.74) is 2.09. The largest absolute Gasteiger partial charge is 0.394 e. The number of carbonyl (C=O) groups excluding carboxylic acids is 2. The molecule has 0 aromatic carbocycles. The van der Waals surface area contributed by atoms with Gasteiger partial charge >= 0.3 is 0 Å². The molecule has 0 radical (unpaired) electrons. The summed E-state index contributed by atoms with van der Waals surface area (Å²) in [7, 11) is 0. The molecular weight excluding hydrogens is 392 g/mol. The minimum Gasteiger partial charge on any atom is -0.394 e. The highest BCUT2D eigenvalue weighted by molar-refractivity contribution is 5.89. The predicted octanol–water partition coefficient (Wildman–Crippen LogP) is 1.57. The van der Waals surface area contributed by atoms with Crippen molar-refractivity contribution in [3.8, 4) is 0 Å². The van der Waals surface area contributed by atoms with Crippen LogP contribution in [0.3, 0.4) is 0 Å². The number of hydrogen-bond donors (Lipinski definition) is 1. The first-order valence-corrected chi connectivity index (χ1v) is 11.9. The SMILES string of the molecule is Cc1cccc(CN2C[C@@H]3C[C@H](C2)[C@H](C(=O)N2CCC[C@H]2CO)N2C(=O)CCC[C@@H]32)n1. The molecule has 4 saturated heterocycles. The Kier molecular flexibility index (Phi) is 5.73. The lowest BCUT2D eigenvalue weighted by atomic mass is 9.71. The monoisotopic (exact) mass is 426 g/mol. The van der Waals surface area contributed by atoms with Gasteiger partial charge in [-0.05, 0) is 57.1 Å². The molecular formula is C24H34N4O3. The van der Waals surface area contributed by atoms with Crippen LogP contribution >= 0.6 is 0 Å². The Bertz CT molecular complexity index is 846. The maximum absolute atomic E-state index is 13.8. The molecule has 168 valence electrons. The van der Waals surface area contributed by atoms with Gasteiger partial charge in [-0.1, -0.05) is 6.07 Å². The van der Waals surface area contributed by atoms with E-state index in [1.807, 2.05) is 22.8 Å². The Morgan fingerprint density at radius 2 is 2.03 bits per heavy atom. The number of aliphatic hydroxyl groups excluding tert-OH is 1. The fourth-order valence-corrected chi connectivity index (χ4v) is 6.60. The molecule has 7 nitrogen and oxygen atoms in total. The third-order valence-corrected chi connectivity index (χ3v) is 7.87. The first kappa shape index (κ1) is 20.9. The number of piperidine rings is 3. The summed E-state index contributed by atoms with van der Waals surface area (Å²) in [5, 5.41) is 9.78. The summed E-state index contributed by atoms with van der Waals surface area (Å²) < 4.78 is 0. The van der Waals surface area contributed by atoms with E-state index in [1.54, 1.807) is 0 Å². The number of amides is 2. The highest BCUT2D eigenvalue weighted by Crippen LogP contribution is 2.43. The molecule has 5 atom stereocenters. The molecule has 0 aliphatic carbocycles. The first-order valence-electron chi connectivity index (χ1n) is 11.9. The molecule has 4 fully saturated rings. The van der Waals surface area contributed by atoms with Crippen LogP contribution in [-0.4, -0.2) is 81.0 Å². The van der Waals surface area contributed by atoms with E-state index in [2.05, 4.69) is 22.0 Å². The van der Waals surface area contributed by atoms with Crippen LogP contribution in [0.4, 0.5) is 0 Å². The van der Waals surface area contributed by atoms with Gasteiger partial charge in [0, 0.05) is 50.3 Å². The van der Waals surface area contributed by atoms with Crippen LogP contribution in [0.2, 0.25) is 0 Å². The van der Waals surface area contributed by atoms with Crippen molar-refractivity contribution in [1.82, 2.24) is 19.7 Å². The minimum atomic E-state index is -0.380. The topological polar surface area (TPSA) is 77.0 Å². The highest BCUT2D eigenvalue weighted by Gasteiger charge is 2.53. The third kappa shape index (κ3) is 3.87. The van der Waals surface area contributed by atoms with E-state index in [9.17, 15) is 14.7 Å². The summed E-state index contributed by atoms with van der Waals surface area (Å²) in [5.74, 6) is 0.784. The van der Waals surface area contributed by atoms with Crippen molar-refractivity contribution in [2.45, 2.75) is 70.1 Å². The smallest absolute Gasteiger partial charge is 0.246 e. The molecule has 1 aromatic heterocycles. The molecule has 31 heavy (non-hydrogen) atoms. The van der Waals surface area contributed by atoms with E-state index in [-0.39, 0.29) is 42.5 Å². The van der Waals surface area contributed by atoms with Crippen molar-refractivity contribution in [1.29, 1.82) is 0 Å². The molecule has 2 amide bonds. The van der Waals surface area contributed by atoms with Gasteiger partial charge in [-0.3, -0.25) is 19.5 Å². The van der Waals surface area contributed by atoms with Gasteiger partial charge in [-0.25, -0.2) is 0 Å². The number of aromatic nitrogens is 1. The number of hydrogen-bond acceptors (Lipinski definition) is 5. The van der Waals surface area contributed by atoms with Crippen LogP contribution in [0, 0.1) is 18.8 Å². The maximum atomic E-state index is 13.8. The lowest BCUT2D eigenvalue weighted by Crippen LogP contribution is -2.68. The number of nitrogens with zero attached hydrogens (tertiary/aromatic N) is 4. The lowest BCUT2D eigenvalue weighted by molar-refractivity contribution is -0.166. The van der Waals surface area contributed by atoms with Crippen LogP contribution in [0.1, 0.15) is 49.9 Å². The van der Waals surface area contributed by atoms with Crippen molar-refractivity contribution in [2.24, 2.45) is 11.8 Å². The second-order valence-electron chi connectivity index (χ2n) is 9.94. The van der Waals surface area contributed by atoms with E-state index in [1.165, 1.54) is 0 Å². The number of rotatable bonds is 4. The number of likely N-dealkylation sites (tertiary alicyclic amines) is 2. The van der Waals surface area contributed by atoms with Crippen molar-refractivity contribution >= 4 is 11.8 Å². The van der Waals surface area contributed by atoms with E-state index < -0.39 is 0 Å². The molecule has 1 N–H and O–H groups in total. The summed E-state index contributed by atoms with van der Waals surface area (Å²) in [6.45, 7) is 5.29. The maximum Gasteiger partial charge on any atom is 0.246 e. The second-order valence-corrected chi connectivity index (χ2v) is 9.94. The van der Waals surface area contributed by atoms with Crippen molar-refractivity contribution in [3.63, 3.8) is 0 Å². The molecule has 5 rings (SSSR count). The molecule has 2 bridgehead atoms. The van der Waals surface area contributed by atoms with E-state index in [4.69, 9.17) is 0 Å². The van der Waals surface area contributed by atoms with Gasteiger partial charge in [0.25, 0.3) is 0 Å². The average Bonchev–Trinajstić information content (AvgIpc) is 3.23. The van der Waals surface area contributed by atoms with E-state index in [0.29, 0.717) is 18.9 Å². The standard InChI is InChI=1S/C24H34N4O3/c1-16-5-2-6-19(25-16)14-26-12-17-11-18(13-26)23(28-21(17)8-3-9-22(28)30)24(31)27-10-4-7-20(27)15-29/h2,5-6,17-18,20-21,23,29H,3-4,7-15H2,1H3/t17-,18+,20-,21-,23+/m0/s1. The van der Waals surface area contributed by atoms with Gasteiger partial charge in [0.1, 0.15) is 6.04 Å². The number of carbonyl (C=O) groups is 2. The molecule has 5 heterocycles. The van der Waals surface area contributed by atoms with Crippen LogP contribution in [0.5, 0.6) is 0 Å². The number of fused-ring (bicyclic) bond motifs is 4.